The molecule has 0 atom stereocenters. The standard InChI is InChI=1S/C22H32N4O4/c1-16-12-17(13-26-9-11-29-15-22(26,2)3)6-7-18(16)23-20(27)19-14-30-21(24-19)25(4)8-10-28-5/h6-7,12,14H,8-11,13,15H2,1-5H3,(H,23,27). The summed E-state index contributed by atoms with van der Waals surface area (Å²) in [5, 5.41) is 2.93. The lowest BCUT2D eigenvalue weighted by Crippen LogP contribution is -2.52. The normalized spacial score (nSPS) is 16.4. The first-order valence-corrected chi connectivity index (χ1v) is 10.2. The van der Waals surface area contributed by atoms with E-state index in [-0.39, 0.29) is 17.1 Å². The number of ether oxygens (including phenoxy) is 2. The van der Waals surface area contributed by atoms with Gasteiger partial charge in [0, 0.05) is 45.0 Å². The number of nitrogens with one attached hydrogen (secondary N) is 1. The summed E-state index contributed by atoms with van der Waals surface area (Å²) >= 11 is 0. The molecule has 0 saturated carbocycles. The minimum Gasteiger partial charge on any atom is -0.431 e. The van der Waals surface area contributed by atoms with Gasteiger partial charge in [0.15, 0.2) is 5.69 Å². The van der Waals surface area contributed by atoms with Crippen molar-refractivity contribution in [3.8, 4) is 0 Å². The van der Waals surface area contributed by atoms with Crippen LogP contribution in [-0.2, 0) is 16.0 Å². The molecule has 0 unspecified atom stereocenters. The van der Waals surface area contributed by atoms with Crippen molar-refractivity contribution in [3.63, 3.8) is 0 Å². The van der Waals surface area contributed by atoms with Crippen molar-refractivity contribution in [1.82, 2.24) is 9.88 Å². The van der Waals surface area contributed by atoms with Gasteiger partial charge in [0.25, 0.3) is 11.9 Å². The molecule has 3 rings (SSSR count). The Morgan fingerprint density at radius 1 is 1.40 bits per heavy atom. The molecule has 0 spiro atoms. The topological polar surface area (TPSA) is 80.1 Å². The molecule has 8 nitrogen and oxygen atoms in total. The summed E-state index contributed by atoms with van der Waals surface area (Å²) in [6.07, 6.45) is 1.37. The van der Waals surface area contributed by atoms with Crippen LogP contribution in [0.15, 0.2) is 28.9 Å². The van der Waals surface area contributed by atoms with Gasteiger partial charge in [0.2, 0.25) is 0 Å². The third-order valence-corrected chi connectivity index (χ3v) is 5.41. The molecule has 1 aromatic carbocycles. The maximum atomic E-state index is 12.6. The third kappa shape index (κ3) is 5.38. The number of carbonyl (C=O) groups is 1. The Kier molecular flexibility index (Phi) is 7.12. The first-order chi connectivity index (χ1) is 14.3. The lowest BCUT2D eigenvalue weighted by atomic mass is 10.0. The molecule has 1 aliphatic heterocycles. The molecule has 1 aliphatic rings. The van der Waals surface area contributed by atoms with E-state index >= 15 is 0 Å². The van der Waals surface area contributed by atoms with Gasteiger partial charge >= 0.3 is 0 Å². The van der Waals surface area contributed by atoms with Gasteiger partial charge in [-0.2, -0.15) is 4.98 Å². The number of carbonyl (C=O) groups excluding carboxylic acids is 1. The van der Waals surface area contributed by atoms with Crippen LogP contribution in [0.1, 0.15) is 35.5 Å². The van der Waals surface area contributed by atoms with Crippen molar-refractivity contribution in [2.75, 3.05) is 57.3 Å². The number of nitrogens with zero attached hydrogens (tertiary/aromatic N) is 3. The average molecular weight is 417 g/mol. The van der Waals surface area contributed by atoms with Gasteiger partial charge in [-0.15, -0.1) is 0 Å². The smallest absolute Gasteiger partial charge is 0.297 e. The fraction of sp³-hybridized carbons (Fsp3) is 0.545. The molecular formula is C22H32N4O4. The number of anilines is 2. The number of benzene rings is 1. The first kappa shape index (κ1) is 22.3. The molecule has 1 N–H and O–H groups in total. The summed E-state index contributed by atoms with van der Waals surface area (Å²) in [5.41, 5.74) is 3.24. The van der Waals surface area contributed by atoms with Crippen LogP contribution in [0.2, 0.25) is 0 Å². The van der Waals surface area contributed by atoms with Gasteiger partial charge in [-0.3, -0.25) is 9.69 Å². The van der Waals surface area contributed by atoms with Gasteiger partial charge in [-0.25, -0.2) is 0 Å². The Hall–Kier alpha value is -2.42. The van der Waals surface area contributed by atoms with Crippen molar-refractivity contribution in [2.24, 2.45) is 0 Å². The zero-order valence-corrected chi connectivity index (χ0v) is 18.5. The molecule has 1 amide bonds. The van der Waals surface area contributed by atoms with Crippen LogP contribution in [-0.4, -0.2) is 68.4 Å². The van der Waals surface area contributed by atoms with Crippen molar-refractivity contribution in [1.29, 1.82) is 0 Å². The largest absolute Gasteiger partial charge is 0.431 e. The van der Waals surface area contributed by atoms with E-state index in [4.69, 9.17) is 13.9 Å². The van der Waals surface area contributed by atoms with Crippen molar-refractivity contribution in [2.45, 2.75) is 32.9 Å². The van der Waals surface area contributed by atoms with E-state index in [1.807, 2.05) is 20.0 Å². The minimum absolute atomic E-state index is 0.0140. The molecule has 0 aliphatic carbocycles. The summed E-state index contributed by atoms with van der Waals surface area (Å²) < 4.78 is 16.1. The van der Waals surface area contributed by atoms with Crippen molar-refractivity contribution < 1.29 is 18.7 Å². The van der Waals surface area contributed by atoms with E-state index in [9.17, 15) is 4.79 Å². The van der Waals surface area contributed by atoms with E-state index in [1.54, 1.807) is 12.0 Å². The molecule has 30 heavy (non-hydrogen) atoms. The van der Waals surface area contributed by atoms with E-state index in [0.717, 1.165) is 37.6 Å². The van der Waals surface area contributed by atoms with Gasteiger partial charge in [0.05, 0.1) is 19.8 Å². The molecular weight excluding hydrogens is 384 g/mol. The lowest BCUT2D eigenvalue weighted by Gasteiger charge is -2.42. The maximum Gasteiger partial charge on any atom is 0.297 e. The van der Waals surface area contributed by atoms with E-state index in [1.165, 1.54) is 11.8 Å². The molecule has 1 aromatic heterocycles. The van der Waals surface area contributed by atoms with Gasteiger partial charge in [0.1, 0.15) is 6.26 Å². The maximum absolute atomic E-state index is 12.6. The Labute approximate surface area is 178 Å². The monoisotopic (exact) mass is 416 g/mol. The third-order valence-electron chi connectivity index (χ3n) is 5.41. The van der Waals surface area contributed by atoms with Gasteiger partial charge in [-0.1, -0.05) is 12.1 Å². The zero-order valence-electron chi connectivity index (χ0n) is 18.5. The predicted molar refractivity (Wildman–Crippen MR) is 116 cm³/mol. The summed E-state index contributed by atoms with van der Waals surface area (Å²) in [6.45, 7) is 10.8. The van der Waals surface area contributed by atoms with Crippen LogP contribution >= 0.6 is 0 Å². The molecule has 2 heterocycles. The number of rotatable bonds is 8. The molecule has 0 bridgehead atoms. The Balaban J connectivity index is 1.63. The average Bonchev–Trinajstić information content (AvgIpc) is 3.20. The highest BCUT2D eigenvalue weighted by Gasteiger charge is 2.30. The second-order valence-corrected chi connectivity index (χ2v) is 8.32. The SMILES string of the molecule is COCCN(C)c1nc(C(=O)Nc2ccc(CN3CCOCC3(C)C)cc2C)co1. The van der Waals surface area contributed by atoms with Crippen LogP contribution in [0.3, 0.4) is 0 Å². The van der Waals surface area contributed by atoms with Gasteiger partial charge < -0.3 is 24.1 Å². The van der Waals surface area contributed by atoms with Crippen LogP contribution in [0.25, 0.3) is 0 Å². The summed E-state index contributed by atoms with van der Waals surface area (Å²) in [4.78, 5) is 21.1. The molecule has 164 valence electrons. The molecule has 8 heteroatoms. The minimum atomic E-state index is -0.296. The number of morpholine rings is 1. The van der Waals surface area contributed by atoms with E-state index in [0.29, 0.717) is 19.2 Å². The summed E-state index contributed by atoms with van der Waals surface area (Å²) in [7, 11) is 3.48. The second-order valence-electron chi connectivity index (χ2n) is 8.32. The Bertz CT molecular complexity index is 865. The second kappa shape index (κ2) is 9.59. The fourth-order valence-electron chi connectivity index (χ4n) is 3.42. The number of amides is 1. The number of oxazole rings is 1. The fourth-order valence-corrected chi connectivity index (χ4v) is 3.42. The number of methoxy groups -OCH3 is 1. The number of hydrogen-bond acceptors (Lipinski definition) is 7. The molecule has 2 aromatic rings. The van der Waals surface area contributed by atoms with Crippen LogP contribution in [0, 0.1) is 6.92 Å². The van der Waals surface area contributed by atoms with Crippen molar-refractivity contribution >= 4 is 17.6 Å². The highest BCUT2D eigenvalue weighted by Crippen LogP contribution is 2.24. The highest BCUT2D eigenvalue weighted by atomic mass is 16.5. The Morgan fingerprint density at radius 3 is 2.90 bits per heavy atom. The number of aryl methyl sites for hydroxylation is 1. The highest BCUT2D eigenvalue weighted by molar-refractivity contribution is 6.03. The number of aromatic nitrogens is 1. The lowest BCUT2D eigenvalue weighted by molar-refractivity contribution is -0.0552. The van der Waals surface area contributed by atoms with E-state index < -0.39 is 0 Å². The summed E-state index contributed by atoms with van der Waals surface area (Å²) in [6, 6.07) is 6.51. The quantitative estimate of drug-likeness (QED) is 0.709. The molecule has 0 radical (unpaired) electrons. The number of hydrogen-bond donors (Lipinski definition) is 1. The van der Waals surface area contributed by atoms with Crippen LogP contribution < -0.4 is 10.2 Å². The van der Waals surface area contributed by atoms with E-state index in [2.05, 4.69) is 41.2 Å². The molecule has 1 saturated heterocycles. The molecule has 1 fully saturated rings. The number of likely N-dealkylation sites (N-methyl/N-ethyl adjacent to an activating group) is 1. The predicted octanol–water partition coefficient (Wildman–Crippen LogP) is 2.93. The van der Waals surface area contributed by atoms with Crippen LogP contribution in [0.5, 0.6) is 0 Å². The first-order valence-electron chi connectivity index (χ1n) is 10.2. The summed E-state index contributed by atoms with van der Waals surface area (Å²) in [5.74, 6) is -0.296. The van der Waals surface area contributed by atoms with Gasteiger partial charge in [-0.05, 0) is 38.0 Å². The van der Waals surface area contributed by atoms with Crippen LogP contribution in [0.4, 0.5) is 11.7 Å². The van der Waals surface area contributed by atoms with Crippen molar-refractivity contribution in [3.05, 3.63) is 41.3 Å². The zero-order chi connectivity index (χ0) is 21.7. The Morgan fingerprint density at radius 2 is 2.20 bits per heavy atom.